The zero-order chi connectivity index (χ0) is 11.7. The molecule has 1 rings (SSSR count). The van der Waals surface area contributed by atoms with Crippen LogP contribution < -0.4 is 0 Å². The smallest absolute Gasteiger partial charge is 0.303 e. The van der Waals surface area contributed by atoms with Crippen molar-refractivity contribution in [3.63, 3.8) is 0 Å². The topological polar surface area (TPSA) is 54.4 Å². The van der Waals surface area contributed by atoms with Gasteiger partial charge in [0.2, 0.25) is 0 Å². The Morgan fingerprint density at radius 1 is 1.33 bits per heavy atom. The number of ketones is 1. The lowest BCUT2D eigenvalue weighted by atomic mass is 9.62. The van der Waals surface area contributed by atoms with Crippen molar-refractivity contribution in [3.8, 4) is 0 Å². The summed E-state index contributed by atoms with van der Waals surface area (Å²) in [5, 5.41) is 8.66. The van der Waals surface area contributed by atoms with Crippen molar-refractivity contribution in [1.82, 2.24) is 0 Å². The van der Waals surface area contributed by atoms with Gasteiger partial charge in [-0.15, -0.1) is 0 Å². The van der Waals surface area contributed by atoms with E-state index >= 15 is 0 Å². The van der Waals surface area contributed by atoms with Gasteiger partial charge < -0.3 is 5.11 Å². The van der Waals surface area contributed by atoms with Crippen molar-refractivity contribution in [2.75, 3.05) is 0 Å². The van der Waals surface area contributed by atoms with Crippen molar-refractivity contribution in [2.24, 2.45) is 10.8 Å². The van der Waals surface area contributed by atoms with Gasteiger partial charge in [-0.05, 0) is 19.3 Å². The molecule has 1 N–H and O–H groups in total. The number of carboxylic acid groups (broad SMARTS) is 1. The van der Waals surface area contributed by atoms with Crippen LogP contribution in [0.15, 0.2) is 0 Å². The fourth-order valence-electron chi connectivity index (χ4n) is 2.59. The Kier molecular flexibility index (Phi) is 3.22. The van der Waals surface area contributed by atoms with Gasteiger partial charge in [-0.25, -0.2) is 0 Å². The summed E-state index contributed by atoms with van der Waals surface area (Å²) >= 11 is 0. The van der Waals surface area contributed by atoms with Gasteiger partial charge in [-0.3, -0.25) is 9.59 Å². The normalized spacial score (nSPS) is 30.2. The second kappa shape index (κ2) is 3.95. The summed E-state index contributed by atoms with van der Waals surface area (Å²) in [6.07, 6.45) is 3.36. The molecule has 0 saturated heterocycles. The van der Waals surface area contributed by atoms with E-state index in [1.165, 1.54) is 0 Å². The molecule has 0 bridgehead atoms. The number of aliphatic carboxylic acids is 1. The molecule has 0 amide bonds. The molecular weight excluding hydrogens is 192 g/mol. The minimum absolute atomic E-state index is 0.0956. The van der Waals surface area contributed by atoms with Gasteiger partial charge in [0.25, 0.3) is 0 Å². The maximum absolute atomic E-state index is 12.2. The zero-order valence-electron chi connectivity index (χ0n) is 9.80. The van der Waals surface area contributed by atoms with E-state index in [-0.39, 0.29) is 17.6 Å². The Morgan fingerprint density at radius 2 is 1.93 bits per heavy atom. The molecule has 0 radical (unpaired) electrons. The number of hydrogen-bond acceptors (Lipinski definition) is 2. The van der Waals surface area contributed by atoms with E-state index in [0.717, 1.165) is 19.3 Å². The molecule has 1 fully saturated rings. The molecule has 3 nitrogen and oxygen atoms in total. The van der Waals surface area contributed by atoms with E-state index in [1.807, 2.05) is 20.8 Å². The van der Waals surface area contributed by atoms with E-state index in [4.69, 9.17) is 5.11 Å². The molecule has 86 valence electrons. The van der Waals surface area contributed by atoms with Crippen LogP contribution in [0.5, 0.6) is 0 Å². The maximum atomic E-state index is 12.2. The fraction of sp³-hybridized carbons (Fsp3) is 0.833. The molecule has 0 spiro atoms. The van der Waals surface area contributed by atoms with Crippen molar-refractivity contribution in [3.05, 3.63) is 0 Å². The number of hydrogen-bond donors (Lipinski definition) is 1. The summed E-state index contributed by atoms with van der Waals surface area (Å²) in [4.78, 5) is 22.7. The predicted octanol–water partition coefficient (Wildman–Crippen LogP) is 2.64. The molecule has 1 aliphatic carbocycles. The van der Waals surface area contributed by atoms with Crippen LogP contribution in [0, 0.1) is 10.8 Å². The van der Waals surface area contributed by atoms with Gasteiger partial charge in [0.05, 0.1) is 0 Å². The number of carboxylic acids is 1. The lowest BCUT2D eigenvalue weighted by Crippen LogP contribution is -2.42. The number of carbonyl (C=O) groups excluding carboxylic acids is 1. The summed E-state index contributed by atoms with van der Waals surface area (Å²) in [5.74, 6) is -0.574. The number of Topliss-reactive ketones (excluding diaryl/α,β-unsaturated/α-hetero) is 1. The van der Waals surface area contributed by atoms with Crippen LogP contribution in [0.1, 0.15) is 52.9 Å². The molecule has 0 aromatic rings. The second-order valence-electron chi connectivity index (χ2n) is 5.52. The summed E-state index contributed by atoms with van der Waals surface area (Å²) in [5.41, 5.74) is -0.689. The molecule has 1 atom stereocenters. The van der Waals surface area contributed by atoms with Crippen molar-refractivity contribution < 1.29 is 14.7 Å². The molecule has 1 saturated carbocycles. The van der Waals surface area contributed by atoms with Crippen molar-refractivity contribution in [1.29, 1.82) is 0 Å². The Morgan fingerprint density at radius 3 is 2.47 bits per heavy atom. The van der Waals surface area contributed by atoms with Crippen LogP contribution in [0.4, 0.5) is 0 Å². The highest BCUT2D eigenvalue weighted by Crippen LogP contribution is 2.45. The minimum Gasteiger partial charge on any atom is -0.481 e. The standard InChI is InChI=1S/C12H20O3/c1-11(2)6-4-7-12(3,10(11)15)8-5-9(13)14/h4-8H2,1-3H3,(H,13,14). The third kappa shape index (κ3) is 2.58. The minimum atomic E-state index is -0.813. The van der Waals surface area contributed by atoms with E-state index in [0.29, 0.717) is 6.42 Å². The Hall–Kier alpha value is -0.860. The van der Waals surface area contributed by atoms with Gasteiger partial charge in [-0.2, -0.15) is 0 Å². The predicted molar refractivity (Wildman–Crippen MR) is 57.6 cm³/mol. The van der Waals surface area contributed by atoms with E-state index in [1.54, 1.807) is 0 Å². The highest BCUT2D eigenvalue weighted by Gasteiger charge is 2.45. The summed E-state index contributed by atoms with van der Waals surface area (Å²) < 4.78 is 0. The Labute approximate surface area is 90.9 Å². The summed E-state index contributed by atoms with van der Waals surface area (Å²) in [6, 6.07) is 0. The third-order valence-corrected chi connectivity index (χ3v) is 3.58. The van der Waals surface area contributed by atoms with Gasteiger partial charge >= 0.3 is 5.97 Å². The van der Waals surface area contributed by atoms with Crippen molar-refractivity contribution >= 4 is 11.8 Å². The van der Waals surface area contributed by atoms with Crippen LogP contribution in [0.25, 0.3) is 0 Å². The number of carbonyl (C=O) groups is 2. The Bertz CT molecular complexity index is 281. The highest BCUT2D eigenvalue weighted by molar-refractivity contribution is 5.90. The quantitative estimate of drug-likeness (QED) is 0.782. The molecule has 0 aromatic heterocycles. The summed E-state index contributed by atoms with van der Waals surface area (Å²) in [7, 11) is 0. The largest absolute Gasteiger partial charge is 0.481 e. The van der Waals surface area contributed by atoms with Crippen LogP contribution in [-0.4, -0.2) is 16.9 Å². The van der Waals surface area contributed by atoms with Crippen molar-refractivity contribution in [2.45, 2.75) is 52.9 Å². The highest BCUT2D eigenvalue weighted by atomic mass is 16.4. The maximum Gasteiger partial charge on any atom is 0.303 e. The summed E-state index contributed by atoms with van der Waals surface area (Å²) in [6.45, 7) is 5.85. The zero-order valence-corrected chi connectivity index (χ0v) is 9.80. The van der Waals surface area contributed by atoms with Crippen LogP contribution in [0.3, 0.4) is 0 Å². The van der Waals surface area contributed by atoms with Crippen LogP contribution in [0.2, 0.25) is 0 Å². The Balaban J connectivity index is 2.74. The first-order chi connectivity index (χ1) is 6.78. The molecule has 1 unspecified atom stereocenters. The lowest BCUT2D eigenvalue weighted by molar-refractivity contribution is -0.143. The van der Waals surface area contributed by atoms with Gasteiger partial charge in [0.15, 0.2) is 0 Å². The lowest BCUT2D eigenvalue weighted by Gasteiger charge is -2.41. The van der Waals surface area contributed by atoms with E-state index < -0.39 is 11.4 Å². The van der Waals surface area contributed by atoms with Gasteiger partial charge in [0.1, 0.15) is 5.78 Å². The molecule has 15 heavy (non-hydrogen) atoms. The average Bonchev–Trinajstić information content (AvgIpc) is 2.11. The van der Waals surface area contributed by atoms with Gasteiger partial charge in [0, 0.05) is 17.3 Å². The molecule has 0 aliphatic heterocycles. The van der Waals surface area contributed by atoms with Crippen LogP contribution >= 0.6 is 0 Å². The van der Waals surface area contributed by atoms with Gasteiger partial charge in [-0.1, -0.05) is 27.2 Å². The SMILES string of the molecule is CC1(C)CCCC(C)(CCC(=O)O)C1=O. The number of rotatable bonds is 3. The molecule has 1 aliphatic rings. The first kappa shape index (κ1) is 12.2. The monoisotopic (exact) mass is 212 g/mol. The second-order valence-corrected chi connectivity index (χ2v) is 5.52. The molecule has 0 heterocycles. The van der Waals surface area contributed by atoms with E-state index in [9.17, 15) is 9.59 Å². The van der Waals surface area contributed by atoms with Crippen LogP contribution in [-0.2, 0) is 9.59 Å². The molecular formula is C12H20O3. The molecule has 0 aromatic carbocycles. The van der Waals surface area contributed by atoms with E-state index in [2.05, 4.69) is 0 Å². The first-order valence-electron chi connectivity index (χ1n) is 5.55. The third-order valence-electron chi connectivity index (χ3n) is 3.58. The fourth-order valence-corrected chi connectivity index (χ4v) is 2.59. The average molecular weight is 212 g/mol. The first-order valence-corrected chi connectivity index (χ1v) is 5.55. The molecule has 3 heteroatoms.